The van der Waals surface area contributed by atoms with Crippen LogP contribution in [0, 0.1) is 48.0 Å². The van der Waals surface area contributed by atoms with E-state index in [1.54, 1.807) is 21.0 Å². The van der Waals surface area contributed by atoms with Crippen molar-refractivity contribution in [2.45, 2.75) is 62.3 Å². The van der Waals surface area contributed by atoms with Crippen LogP contribution in [0.5, 0.6) is 5.75 Å². The van der Waals surface area contributed by atoms with E-state index in [1.165, 1.54) is 23.8 Å². The molecule has 0 fully saturated rings. The maximum Gasteiger partial charge on any atom is 0.308 e. The first kappa shape index (κ1) is 37.1. The van der Waals surface area contributed by atoms with Crippen molar-refractivity contribution in [1.29, 1.82) is 0 Å². The Labute approximate surface area is 222 Å². The van der Waals surface area contributed by atoms with Crippen molar-refractivity contribution in [3.63, 3.8) is 0 Å². The zero-order chi connectivity index (χ0) is 24.6. The first-order valence-corrected chi connectivity index (χ1v) is 10.8. The normalized spacial score (nSPS) is 10.7. The fourth-order valence-corrected chi connectivity index (χ4v) is 3.29. The molecule has 0 amide bonds. The first-order chi connectivity index (χ1) is 14.9. The maximum absolute atomic E-state index is 10.3. The summed E-state index contributed by atoms with van der Waals surface area (Å²) in [5.41, 5.74) is 9.76. The van der Waals surface area contributed by atoms with Crippen LogP contribution in [0.2, 0.25) is 0 Å². The Balaban J connectivity index is -0.000000901. The van der Waals surface area contributed by atoms with Crippen LogP contribution in [0.15, 0.2) is 34.3 Å². The van der Waals surface area contributed by atoms with Crippen LogP contribution in [0.3, 0.4) is 0 Å². The topological polar surface area (TPSA) is 91.8 Å². The molecule has 0 aliphatic carbocycles. The minimum Gasteiger partial charge on any atom is -0.497 e. The van der Waals surface area contributed by atoms with Gasteiger partial charge in [-0.3, -0.25) is 14.8 Å². The van der Waals surface area contributed by atoms with Gasteiger partial charge in [-0.25, -0.2) is 0 Å². The molecule has 0 aliphatic heterocycles. The van der Waals surface area contributed by atoms with Crippen molar-refractivity contribution >= 4 is 28.8 Å². The summed E-state index contributed by atoms with van der Waals surface area (Å²) in [7, 11) is 3.08. The van der Waals surface area contributed by atoms with E-state index < -0.39 is 0 Å². The summed E-state index contributed by atoms with van der Waals surface area (Å²) in [5.74, 6) is 0.716. The summed E-state index contributed by atoms with van der Waals surface area (Å²) in [6.45, 7) is 18.1. The SMILES string of the molecule is COC(=O)C(C)C.COc1cc(C)c(N=C(C)C(C)=Nc2c(C)cc(C)cc2C)c(C)c1.O.[CH3-].[Ni]. The largest absolute Gasteiger partial charge is 0.497 e. The molecule has 6 nitrogen and oxygen atoms in total. The number of hydrogen-bond acceptors (Lipinski definition) is 5. The number of methoxy groups -OCH3 is 2. The molecular weight excluding hydrogens is 487 g/mol. The monoisotopic (exact) mass is 529 g/mol. The van der Waals surface area contributed by atoms with Gasteiger partial charge in [-0.05, 0) is 82.9 Å². The molecular formula is C28H43N2NiO4-. The number of carbonyl (C=O) groups excluding carboxylic acids is 1. The van der Waals surface area contributed by atoms with Gasteiger partial charge in [-0.15, -0.1) is 0 Å². The smallest absolute Gasteiger partial charge is 0.308 e. The second-order valence-corrected chi connectivity index (χ2v) is 8.43. The number of rotatable bonds is 5. The summed E-state index contributed by atoms with van der Waals surface area (Å²) >= 11 is 0. The third-order valence-corrected chi connectivity index (χ3v) is 5.09. The van der Waals surface area contributed by atoms with Gasteiger partial charge in [0.1, 0.15) is 5.75 Å². The second kappa shape index (κ2) is 17.0. The van der Waals surface area contributed by atoms with E-state index in [-0.39, 0.29) is 41.3 Å². The minimum absolute atomic E-state index is 0. The number of esters is 1. The van der Waals surface area contributed by atoms with Crippen molar-refractivity contribution in [2.24, 2.45) is 15.9 Å². The van der Waals surface area contributed by atoms with Crippen LogP contribution >= 0.6 is 0 Å². The van der Waals surface area contributed by atoms with E-state index in [1.807, 2.05) is 26.0 Å². The first-order valence-electron chi connectivity index (χ1n) is 10.8. The molecule has 2 aromatic carbocycles. The minimum atomic E-state index is -0.153. The van der Waals surface area contributed by atoms with Gasteiger partial charge in [0.15, 0.2) is 0 Å². The predicted molar refractivity (Wildman–Crippen MR) is 146 cm³/mol. The Morgan fingerprint density at radius 3 is 1.37 bits per heavy atom. The molecule has 0 aromatic heterocycles. The molecule has 200 valence electrons. The van der Waals surface area contributed by atoms with Gasteiger partial charge in [0, 0.05) is 16.5 Å². The van der Waals surface area contributed by atoms with Gasteiger partial charge in [-0.2, -0.15) is 0 Å². The van der Waals surface area contributed by atoms with Crippen molar-refractivity contribution in [2.75, 3.05) is 14.2 Å². The Kier molecular flexibility index (Phi) is 18.0. The molecule has 2 N–H and O–H groups in total. The number of aryl methyl sites for hydroxylation is 5. The zero-order valence-electron chi connectivity index (χ0n) is 23.3. The molecule has 2 rings (SSSR count). The van der Waals surface area contributed by atoms with E-state index in [0.717, 1.165) is 39.7 Å². The van der Waals surface area contributed by atoms with Crippen LogP contribution in [-0.2, 0) is 26.0 Å². The van der Waals surface area contributed by atoms with Crippen LogP contribution in [0.25, 0.3) is 0 Å². The standard InChI is InChI=1S/C22H28N2O.C5H10O2.CH3.Ni.H2O/c1-13-9-14(2)21(15(3)10-13)23-18(6)19(7)24-22-16(4)11-20(25-8)12-17(22)5;1-4(2)5(6)7-3;;;/h9-12H,1-8H3;4H,1-3H3;1H3;;1H2/q;;-1;;. The van der Waals surface area contributed by atoms with Crippen LogP contribution < -0.4 is 4.74 Å². The quantitative estimate of drug-likeness (QED) is 0.190. The third kappa shape index (κ3) is 11.2. The summed E-state index contributed by atoms with van der Waals surface area (Å²) < 4.78 is 9.70. The Morgan fingerprint density at radius 1 is 0.771 bits per heavy atom. The average molecular weight is 530 g/mol. The summed E-state index contributed by atoms with van der Waals surface area (Å²) in [5, 5.41) is 0. The van der Waals surface area contributed by atoms with Gasteiger partial charge in [0.05, 0.1) is 42.9 Å². The molecule has 0 heterocycles. The Hall–Kier alpha value is -2.50. The third-order valence-electron chi connectivity index (χ3n) is 5.09. The molecule has 0 saturated heterocycles. The van der Waals surface area contributed by atoms with E-state index in [0.29, 0.717) is 0 Å². The second-order valence-electron chi connectivity index (χ2n) is 8.43. The van der Waals surface area contributed by atoms with Gasteiger partial charge in [0.2, 0.25) is 0 Å². The van der Waals surface area contributed by atoms with Gasteiger partial charge in [-0.1, -0.05) is 31.5 Å². The molecule has 35 heavy (non-hydrogen) atoms. The van der Waals surface area contributed by atoms with E-state index in [2.05, 4.69) is 51.5 Å². The molecule has 0 aliphatic rings. The number of nitrogens with zero attached hydrogens (tertiary/aromatic N) is 2. The Morgan fingerprint density at radius 2 is 1.11 bits per heavy atom. The molecule has 0 radical (unpaired) electrons. The Bertz CT molecular complexity index is 982. The van der Waals surface area contributed by atoms with E-state index in [4.69, 9.17) is 14.7 Å². The fraction of sp³-hybridized carbons (Fsp3) is 0.429. The van der Waals surface area contributed by atoms with Crippen LogP contribution in [0.4, 0.5) is 11.4 Å². The summed E-state index contributed by atoms with van der Waals surface area (Å²) in [6, 6.07) is 8.37. The van der Waals surface area contributed by atoms with Crippen molar-refractivity contribution in [3.8, 4) is 5.75 Å². The van der Waals surface area contributed by atoms with Gasteiger partial charge < -0.3 is 22.4 Å². The van der Waals surface area contributed by atoms with E-state index >= 15 is 0 Å². The number of carbonyl (C=O) groups is 1. The predicted octanol–water partition coefficient (Wildman–Crippen LogP) is 6.56. The molecule has 0 bridgehead atoms. The fourth-order valence-electron chi connectivity index (χ4n) is 3.29. The summed E-state index contributed by atoms with van der Waals surface area (Å²) in [4.78, 5) is 20.0. The number of ether oxygens (including phenoxy) is 2. The zero-order valence-corrected chi connectivity index (χ0v) is 24.3. The molecule has 0 saturated carbocycles. The molecule has 7 heteroatoms. The van der Waals surface area contributed by atoms with Crippen molar-refractivity contribution < 1.29 is 36.2 Å². The van der Waals surface area contributed by atoms with Crippen molar-refractivity contribution in [1.82, 2.24) is 0 Å². The molecule has 0 spiro atoms. The maximum atomic E-state index is 10.3. The number of hydrogen-bond donors (Lipinski definition) is 0. The van der Waals surface area contributed by atoms with Gasteiger partial charge in [0.25, 0.3) is 0 Å². The van der Waals surface area contributed by atoms with Crippen LogP contribution in [-0.4, -0.2) is 37.1 Å². The van der Waals surface area contributed by atoms with Crippen molar-refractivity contribution in [3.05, 3.63) is 59.5 Å². The molecule has 0 atom stereocenters. The van der Waals surface area contributed by atoms with Crippen LogP contribution in [0.1, 0.15) is 55.5 Å². The molecule has 0 unspecified atom stereocenters. The number of aliphatic imine (C=N–C) groups is 2. The average Bonchev–Trinajstić information content (AvgIpc) is 2.72. The summed E-state index contributed by atoms with van der Waals surface area (Å²) in [6.07, 6.45) is 0. The number of benzene rings is 2. The van der Waals surface area contributed by atoms with Gasteiger partial charge >= 0.3 is 5.97 Å². The van der Waals surface area contributed by atoms with E-state index in [9.17, 15) is 4.79 Å². The molecule has 2 aromatic rings.